The number of benzene rings is 1. The first-order valence-electron chi connectivity index (χ1n) is 6.95. The van der Waals surface area contributed by atoms with Crippen LogP contribution in [0.1, 0.15) is 43.2 Å². The molecule has 0 aliphatic heterocycles. The predicted octanol–water partition coefficient (Wildman–Crippen LogP) is 3.25. The highest BCUT2D eigenvalue weighted by molar-refractivity contribution is 5.90. The fourth-order valence-corrected chi connectivity index (χ4v) is 2.77. The lowest BCUT2D eigenvalue weighted by atomic mass is 9.90. The summed E-state index contributed by atoms with van der Waals surface area (Å²) in [5.74, 6) is -1.76. The molecule has 2 atom stereocenters. The van der Waals surface area contributed by atoms with Crippen molar-refractivity contribution in [2.45, 2.75) is 44.6 Å². The van der Waals surface area contributed by atoms with Crippen molar-refractivity contribution in [2.24, 2.45) is 5.73 Å². The number of hydrogen-bond donors (Lipinski definition) is 1. The standard InChI is InChI=1S/C16H19F2NO/c1-2-3-4-11(20)8-16(19)12-6-5-10-7-14(17)15(18)9-13(10)12/h3-4,7,9,12,16H,2,5-6,8,19H2,1H3/b4-3+. The number of halogens is 2. The Morgan fingerprint density at radius 3 is 2.85 bits per heavy atom. The van der Waals surface area contributed by atoms with Gasteiger partial charge in [-0.2, -0.15) is 0 Å². The normalized spacial score (nSPS) is 19.3. The van der Waals surface area contributed by atoms with Crippen LogP contribution < -0.4 is 5.73 Å². The Balaban J connectivity index is 2.11. The minimum absolute atomic E-state index is 0.0182. The number of hydrogen-bond acceptors (Lipinski definition) is 2. The Labute approximate surface area is 117 Å². The van der Waals surface area contributed by atoms with Crippen LogP contribution in [-0.2, 0) is 11.2 Å². The quantitative estimate of drug-likeness (QED) is 0.841. The van der Waals surface area contributed by atoms with Crippen LogP contribution in [0.3, 0.4) is 0 Å². The van der Waals surface area contributed by atoms with Crippen molar-refractivity contribution in [1.82, 2.24) is 0 Å². The number of carbonyl (C=O) groups excluding carboxylic acids is 1. The molecule has 0 aromatic heterocycles. The van der Waals surface area contributed by atoms with Gasteiger partial charge in [0.05, 0.1) is 0 Å². The van der Waals surface area contributed by atoms with E-state index >= 15 is 0 Å². The molecule has 2 N–H and O–H groups in total. The SMILES string of the molecule is CC/C=C/C(=O)CC(N)C1CCc2cc(F)c(F)cc21. The first-order chi connectivity index (χ1) is 9.52. The summed E-state index contributed by atoms with van der Waals surface area (Å²) >= 11 is 0. The summed E-state index contributed by atoms with van der Waals surface area (Å²) in [6.45, 7) is 1.95. The molecule has 0 bridgehead atoms. The van der Waals surface area contributed by atoms with Gasteiger partial charge in [0.2, 0.25) is 0 Å². The molecule has 1 aliphatic carbocycles. The van der Waals surface area contributed by atoms with E-state index in [0.717, 1.165) is 24.0 Å². The lowest BCUT2D eigenvalue weighted by Gasteiger charge is -2.19. The van der Waals surface area contributed by atoms with Gasteiger partial charge in [-0.1, -0.05) is 13.0 Å². The van der Waals surface area contributed by atoms with Crippen LogP contribution in [0.5, 0.6) is 0 Å². The van der Waals surface area contributed by atoms with Gasteiger partial charge in [-0.05, 0) is 48.6 Å². The monoisotopic (exact) mass is 279 g/mol. The Morgan fingerprint density at radius 2 is 2.15 bits per heavy atom. The second kappa shape index (κ2) is 6.27. The van der Waals surface area contributed by atoms with Crippen LogP contribution in [0.4, 0.5) is 8.78 Å². The van der Waals surface area contributed by atoms with E-state index in [-0.39, 0.29) is 24.2 Å². The van der Waals surface area contributed by atoms with Gasteiger partial charge in [-0.15, -0.1) is 0 Å². The van der Waals surface area contributed by atoms with Crippen LogP contribution in [0.25, 0.3) is 0 Å². The van der Waals surface area contributed by atoms with Crippen LogP contribution in [0, 0.1) is 11.6 Å². The van der Waals surface area contributed by atoms with E-state index in [1.807, 2.05) is 6.92 Å². The number of nitrogens with two attached hydrogens (primary N) is 1. The van der Waals surface area contributed by atoms with Crippen molar-refractivity contribution in [3.63, 3.8) is 0 Å². The Bertz CT molecular complexity index is 540. The Morgan fingerprint density at radius 1 is 1.45 bits per heavy atom. The molecule has 0 saturated heterocycles. The number of aryl methyl sites for hydroxylation is 1. The highest BCUT2D eigenvalue weighted by Gasteiger charge is 2.29. The molecule has 0 amide bonds. The Kier molecular flexibility index (Phi) is 4.65. The van der Waals surface area contributed by atoms with Crippen molar-refractivity contribution < 1.29 is 13.6 Å². The van der Waals surface area contributed by atoms with Crippen molar-refractivity contribution in [3.8, 4) is 0 Å². The molecule has 0 spiro atoms. The van der Waals surface area contributed by atoms with E-state index in [2.05, 4.69) is 0 Å². The third-order valence-electron chi connectivity index (χ3n) is 3.80. The number of allylic oxidation sites excluding steroid dienone is 2. The van der Waals surface area contributed by atoms with Gasteiger partial charge in [0, 0.05) is 18.4 Å². The van der Waals surface area contributed by atoms with Gasteiger partial charge < -0.3 is 5.73 Å². The van der Waals surface area contributed by atoms with Crippen molar-refractivity contribution in [3.05, 3.63) is 47.0 Å². The smallest absolute Gasteiger partial charge is 0.159 e. The van der Waals surface area contributed by atoms with E-state index < -0.39 is 11.6 Å². The largest absolute Gasteiger partial charge is 0.327 e. The van der Waals surface area contributed by atoms with Crippen molar-refractivity contribution in [1.29, 1.82) is 0 Å². The van der Waals surface area contributed by atoms with Gasteiger partial charge in [-0.25, -0.2) is 8.78 Å². The van der Waals surface area contributed by atoms with Gasteiger partial charge in [-0.3, -0.25) is 4.79 Å². The van der Waals surface area contributed by atoms with Gasteiger partial charge in [0.1, 0.15) is 0 Å². The maximum absolute atomic E-state index is 13.3. The molecule has 1 aromatic rings. The maximum atomic E-state index is 13.3. The molecular formula is C16H19F2NO. The molecule has 0 fully saturated rings. The molecule has 2 unspecified atom stereocenters. The minimum atomic E-state index is -0.847. The third kappa shape index (κ3) is 3.12. The van der Waals surface area contributed by atoms with E-state index in [1.54, 1.807) is 12.2 Å². The lowest BCUT2D eigenvalue weighted by Crippen LogP contribution is -2.29. The summed E-state index contributed by atoms with van der Waals surface area (Å²) in [4.78, 5) is 11.7. The van der Waals surface area contributed by atoms with Crippen molar-refractivity contribution in [2.75, 3.05) is 0 Å². The summed E-state index contributed by atoms with van der Waals surface area (Å²) in [7, 11) is 0. The number of ketones is 1. The molecule has 2 rings (SSSR count). The summed E-state index contributed by atoms with van der Waals surface area (Å²) in [6.07, 6.45) is 5.80. The summed E-state index contributed by atoms with van der Waals surface area (Å²) in [5.41, 5.74) is 7.64. The van der Waals surface area contributed by atoms with Crippen LogP contribution in [-0.4, -0.2) is 11.8 Å². The first kappa shape index (κ1) is 14.9. The first-order valence-corrected chi connectivity index (χ1v) is 6.95. The highest BCUT2D eigenvalue weighted by Crippen LogP contribution is 2.36. The zero-order chi connectivity index (χ0) is 14.7. The average molecular weight is 279 g/mol. The fraction of sp³-hybridized carbons (Fsp3) is 0.438. The lowest BCUT2D eigenvalue weighted by molar-refractivity contribution is -0.115. The summed E-state index contributed by atoms with van der Waals surface area (Å²) in [5, 5.41) is 0. The molecule has 20 heavy (non-hydrogen) atoms. The molecule has 0 heterocycles. The number of rotatable bonds is 5. The second-order valence-corrected chi connectivity index (χ2v) is 5.26. The Hall–Kier alpha value is -1.55. The summed E-state index contributed by atoms with van der Waals surface area (Å²) < 4.78 is 26.5. The maximum Gasteiger partial charge on any atom is 0.159 e. The van der Waals surface area contributed by atoms with Gasteiger partial charge in [0.25, 0.3) is 0 Å². The molecule has 0 saturated carbocycles. The molecular weight excluding hydrogens is 260 g/mol. The van der Waals surface area contributed by atoms with E-state index in [4.69, 9.17) is 5.73 Å². The van der Waals surface area contributed by atoms with Crippen LogP contribution in [0.2, 0.25) is 0 Å². The number of fused-ring (bicyclic) bond motifs is 1. The molecule has 4 heteroatoms. The predicted molar refractivity (Wildman–Crippen MR) is 74.5 cm³/mol. The minimum Gasteiger partial charge on any atom is -0.327 e. The zero-order valence-electron chi connectivity index (χ0n) is 11.5. The molecule has 1 aliphatic rings. The zero-order valence-corrected chi connectivity index (χ0v) is 11.5. The van der Waals surface area contributed by atoms with E-state index in [1.165, 1.54) is 12.1 Å². The molecule has 1 aromatic carbocycles. The topological polar surface area (TPSA) is 43.1 Å². The summed E-state index contributed by atoms with van der Waals surface area (Å²) in [6, 6.07) is 2.13. The third-order valence-corrected chi connectivity index (χ3v) is 3.80. The van der Waals surface area contributed by atoms with Gasteiger partial charge >= 0.3 is 0 Å². The van der Waals surface area contributed by atoms with Gasteiger partial charge in [0.15, 0.2) is 17.4 Å². The highest BCUT2D eigenvalue weighted by atomic mass is 19.2. The average Bonchev–Trinajstić information content (AvgIpc) is 2.79. The molecule has 2 nitrogen and oxygen atoms in total. The molecule has 108 valence electrons. The van der Waals surface area contributed by atoms with Crippen LogP contribution >= 0.6 is 0 Å². The van der Waals surface area contributed by atoms with E-state index in [9.17, 15) is 13.6 Å². The van der Waals surface area contributed by atoms with E-state index in [0.29, 0.717) is 6.42 Å². The molecule has 0 radical (unpaired) electrons. The second-order valence-electron chi connectivity index (χ2n) is 5.26. The van der Waals surface area contributed by atoms with Crippen LogP contribution in [0.15, 0.2) is 24.3 Å². The fourth-order valence-electron chi connectivity index (χ4n) is 2.77. The number of carbonyl (C=O) groups is 1. The van der Waals surface area contributed by atoms with Crippen molar-refractivity contribution >= 4 is 5.78 Å².